The minimum Gasteiger partial charge on any atom is -0.489 e. The zero-order valence-electron chi connectivity index (χ0n) is 17.8. The molecule has 1 aliphatic rings. The Morgan fingerprint density at radius 2 is 2.03 bits per heavy atom. The van der Waals surface area contributed by atoms with Gasteiger partial charge in [-0.2, -0.15) is 0 Å². The first kappa shape index (κ1) is 21.0. The summed E-state index contributed by atoms with van der Waals surface area (Å²) in [5.41, 5.74) is 3.90. The highest BCUT2D eigenvalue weighted by Crippen LogP contribution is 2.25. The van der Waals surface area contributed by atoms with Crippen molar-refractivity contribution >= 4 is 11.6 Å². The van der Waals surface area contributed by atoms with Crippen molar-refractivity contribution in [2.45, 2.75) is 39.7 Å². The number of rotatable bonds is 7. The van der Waals surface area contributed by atoms with Gasteiger partial charge in [-0.1, -0.05) is 31.7 Å². The Bertz CT molecular complexity index is 844. The Hall–Kier alpha value is -2.75. The number of nitrogens with zero attached hydrogens (tertiary/aromatic N) is 1. The van der Waals surface area contributed by atoms with Crippen molar-refractivity contribution in [1.29, 1.82) is 0 Å². The summed E-state index contributed by atoms with van der Waals surface area (Å²) in [5, 5.41) is 3.08. The second kappa shape index (κ2) is 9.64. The molecule has 1 fully saturated rings. The molecular formula is C25H32N2O2. The van der Waals surface area contributed by atoms with Crippen LogP contribution < -0.4 is 15.0 Å². The number of carbonyl (C=O) groups is 1. The highest BCUT2D eigenvalue weighted by molar-refractivity contribution is 5.94. The van der Waals surface area contributed by atoms with Crippen molar-refractivity contribution in [1.82, 2.24) is 5.32 Å². The third-order valence-electron chi connectivity index (χ3n) is 5.34. The highest BCUT2D eigenvalue weighted by Gasteiger charge is 2.17. The van der Waals surface area contributed by atoms with Crippen LogP contribution in [0.4, 0.5) is 5.69 Å². The minimum absolute atomic E-state index is 0.0724. The molecule has 0 bridgehead atoms. The van der Waals surface area contributed by atoms with E-state index in [1.165, 1.54) is 18.5 Å². The number of anilines is 1. The summed E-state index contributed by atoms with van der Waals surface area (Å²) in [7, 11) is 0. The second-order valence-electron chi connectivity index (χ2n) is 8.25. The van der Waals surface area contributed by atoms with Crippen LogP contribution in [0.25, 0.3) is 0 Å². The molecule has 3 rings (SSSR count). The fourth-order valence-corrected chi connectivity index (χ4v) is 3.69. The fourth-order valence-electron chi connectivity index (χ4n) is 3.69. The van der Waals surface area contributed by atoms with E-state index in [-0.39, 0.29) is 11.9 Å². The van der Waals surface area contributed by atoms with Gasteiger partial charge in [0.15, 0.2) is 0 Å². The Morgan fingerprint density at radius 3 is 2.72 bits per heavy atom. The maximum Gasteiger partial charge on any atom is 0.251 e. The summed E-state index contributed by atoms with van der Waals surface area (Å²) < 4.78 is 5.64. The van der Waals surface area contributed by atoms with E-state index in [2.05, 4.69) is 48.0 Å². The molecule has 0 aromatic heterocycles. The molecule has 1 amide bonds. The van der Waals surface area contributed by atoms with Gasteiger partial charge in [0.25, 0.3) is 5.91 Å². The van der Waals surface area contributed by atoms with E-state index in [0.29, 0.717) is 17.9 Å². The van der Waals surface area contributed by atoms with Crippen molar-refractivity contribution in [3.8, 4) is 5.75 Å². The lowest BCUT2D eigenvalue weighted by atomic mass is 9.99. The molecule has 1 aliphatic heterocycles. The smallest absolute Gasteiger partial charge is 0.251 e. The van der Waals surface area contributed by atoms with E-state index < -0.39 is 0 Å². The van der Waals surface area contributed by atoms with Gasteiger partial charge in [-0.25, -0.2) is 0 Å². The Labute approximate surface area is 174 Å². The largest absolute Gasteiger partial charge is 0.489 e. The molecular weight excluding hydrogens is 360 g/mol. The highest BCUT2D eigenvalue weighted by atomic mass is 16.5. The number of amides is 1. The number of benzene rings is 2. The first-order valence-corrected chi connectivity index (χ1v) is 10.5. The van der Waals surface area contributed by atoms with Crippen molar-refractivity contribution in [3.63, 3.8) is 0 Å². The summed E-state index contributed by atoms with van der Waals surface area (Å²) >= 11 is 0. The molecule has 1 heterocycles. The van der Waals surface area contributed by atoms with Crippen molar-refractivity contribution < 1.29 is 9.53 Å². The Balaban J connectivity index is 1.61. The van der Waals surface area contributed by atoms with Gasteiger partial charge in [0.2, 0.25) is 0 Å². The molecule has 2 aromatic rings. The Kier molecular flexibility index (Phi) is 6.97. The third-order valence-corrected chi connectivity index (χ3v) is 5.34. The first-order valence-electron chi connectivity index (χ1n) is 10.5. The van der Waals surface area contributed by atoms with Gasteiger partial charge in [0.05, 0.1) is 6.04 Å². The average Bonchev–Trinajstić information content (AvgIpc) is 2.72. The Morgan fingerprint density at radius 1 is 1.28 bits per heavy atom. The normalized spacial score (nSPS) is 17.5. The molecule has 1 saturated heterocycles. The molecule has 0 aliphatic carbocycles. The molecule has 29 heavy (non-hydrogen) atoms. The van der Waals surface area contributed by atoms with Crippen LogP contribution in [0.1, 0.15) is 55.6 Å². The van der Waals surface area contributed by atoms with Crippen LogP contribution in [0.3, 0.4) is 0 Å². The number of hydrogen-bond donors (Lipinski definition) is 1. The first-order chi connectivity index (χ1) is 13.9. The average molecular weight is 393 g/mol. The number of carbonyl (C=O) groups excluding carboxylic acids is 1. The summed E-state index contributed by atoms with van der Waals surface area (Å²) in [6.45, 7) is 12.8. The number of ether oxygens (including phenoxy) is 1. The van der Waals surface area contributed by atoms with Gasteiger partial charge in [0, 0.05) is 24.3 Å². The minimum atomic E-state index is -0.104. The monoisotopic (exact) mass is 392 g/mol. The quantitative estimate of drug-likeness (QED) is 0.644. The third kappa shape index (κ3) is 5.86. The standard InChI is InChI=1S/C25H32N2O2/c1-18(2)17-29-24-9-5-8-22(15-24)25(28)26-20(4)21-10-12-23(13-11-21)27-14-6-7-19(3)16-27/h5,8-13,15,19-20H,1,6-7,14,16-17H2,2-4H3,(H,26,28)/t19-,20-/m0/s1. The number of hydrogen-bond acceptors (Lipinski definition) is 3. The van der Waals surface area contributed by atoms with Gasteiger partial charge in [0.1, 0.15) is 12.4 Å². The van der Waals surface area contributed by atoms with Crippen LogP contribution in [0.15, 0.2) is 60.7 Å². The zero-order chi connectivity index (χ0) is 20.8. The lowest BCUT2D eigenvalue weighted by molar-refractivity contribution is 0.0939. The van der Waals surface area contributed by atoms with Gasteiger partial charge < -0.3 is 15.0 Å². The van der Waals surface area contributed by atoms with Gasteiger partial charge in [-0.3, -0.25) is 4.79 Å². The second-order valence-corrected chi connectivity index (χ2v) is 8.25. The van der Waals surface area contributed by atoms with E-state index in [9.17, 15) is 4.79 Å². The molecule has 2 atom stereocenters. The fraction of sp³-hybridized carbons (Fsp3) is 0.400. The summed E-state index contributed by atoms with van der Waals surface area (Å²) in [6.07, 6.45) is 2.57. The summed E-state index contributed by atoms with van der Waals surface area (Å²) in [4.78, 5) is 15.1. The van der Waals surface area contributed by atoms with E-state index in [1.807, 2.05) is 26.0 Å². The number of nitrogens with one attached hydrogen (secondary N) is 1. The van der Waals surface area contributed by atoms with Crippen LogP contribution >= 0.6 is 0 Å². The predicted molar refractivity (Wildman–Crippen MR) is 120 cm³/mol. The van der Waals surface area contributed by atoms with E-state index in [0.717, 1.165) is 30.1 Å². The van der Waals surface area contributed by atoms with Crippen LogP contribution in [0, 0.1) is 5.92 Å². The lowest BCUT2D eigenvalue weighted by Gasteiger charge is -2.33. The van der Waals surface area contributed by atoms with Crippen molar-refractivity contribution in [2.24, 2.45) is 5.92 Å². The van der Waals surface area contributed by atoms with Gasteiger partial charge in [-0.05, 0) is 74.1 Å². The molecule has 2 aromatic carbocycles. The van der Waals surface area contributed by atoms with E-state index in [1.54, 1.807) is 12.1 Å². The maximum atomic E-state index is 12.7. The zero-order valence-corrected chi connectivity index (χ0v) is 17.8. The molecule has 1 N–H and O–H groups in total. The molecule has 0 unspecified atom stereocenters. The van der Waals surface area contributed by atoms with Crippen LogP contribution in [-0.4, -0.2) is 25.6 Å². The summed E-state index contributed by atoms with van der Waals surface area (Å²) in [5.74, 6) is 1.32. The number of piperidine rings is 1. The molecule has 4 nitrogen and oxygen atoms in total. The summed E-state index contributed by atoms with van der Waals surface area (Å²) in [6, 6.07) is 15.8. The van der Waals surface area contributed by atoms with Gasteiger partial charge >= 0.3 is 0 Å². The maximum absolute atomic E-state index is 12.7. The van der Waals surface area contributed by atoms with Crippen LogP contribution in [0.5, 0.6) is 5.75 Å². The SMILES string of the molecule is C=C(C)COc1cccc(C(=O)N[C@@H](C)c2ccc(N3CCC[C@H](C)C3)cc2)c1. The molecule has 0 saturated carbocycles. The van der Waals surface area contributed by atoms with Crippen molar-refractivity contribution in [3.05, 3.63) is 71.8 Å². The van der Waals surface area contributed by atoms with Crippen LogP contribution in [0.2, 0.25) is 0 Å². The molecule has 0 radical (unpaired) electrons. The molecule has 0 spiro atoms. The van der Waals surface area contributed by atoms with E-state index >= 15 is 0 Å². The van der Waals surface area contributed by atoms with Gasteiger partial charge in [-0.15, -0.1) is 0 Å². The topological polar surface area (TPSA) is 41.6 Å². The molecule has 154 valence electrons. The predicted octanol–water partition coefficient (Wildman–Crippen LogP) is 5.37. The van der Waals surface area contributed by atoms with Crippen molar-refractivity contribution in [2.75, 3.05) is 24.6 Å². The molecule has 4 heteroatoms. The van der Waals surface area contributed by atoms with Crippen LogP contribution in [-0.2, 0) is 0 Å². The van der Waals surface area contributed by atoms with E-state index in [4.69, 9.17) is 4.74 Å². The lowest BCUT2D eigenvalue weighted by Crippen LogP contribution is -2.34.